The second-order valence-electron chi connectivity index (χ2n) is 5.03. The monoisotopic (exact) mass is 276 g/mol. The van der Waals surface area contributed by atoms with Crippen LogP contribution < -0.4 is 5.32 Å². The van der Waals surface area contributed by atoms with Gasteiger partial charge in [-0.25, -0.2) is 9.97 Å². The number of aromatic nitrogens is 3. The molecule has 0 aliphatic rings. The predicted molar refractivity (Wildman–Crippen MR) is 75.6 cm³/mol. The van der Waals surface area contributed by atoms with Gasteiger partial charge in [-0.05, 0) is 18.4 Å². The maximum Gasteiger partial charge on any atom is 0.271 e. The Morgan fingerprint density at radius 3 is 3.10 bits per heavy atom. The molecule has 0 unspecified atom stereocenters. The molecule has 0 atom stereocenters. The van der Waals surface area contributed by atoms with E-state index < -0.39 is 0 Å². The van der Waals surface area contributed by atoms with Crippen molar-refractivity contribution in [2.45, 2.75) is 20.3 Å². The fourth-order valence-corrected chi connectivity index (χ4v) is 1.73. The van der Waals surface area contributed by atoms with E-state index >= 15 is 0 Å². The summed E-state index contributed by atoms with van der Waals surface area (Å²) in [5, 5.41) is 2.83. The minimum absolute atomic E-state index is 0.181. The largest absolute Gasteiger partial charge is 0.381 e. The first-order valence-corrected chi connectivity index (χ1v) is 6.82. The molecule has 0 aromatic carbocycles. The molecule has 0 spiro atoms. The quantitative estimate of drug-likeness (QED) is 0.779. The minimum Gasteiger partial charge on any atom is -0.381 e. The zero-order valence-corrected chi connectivity index (χ0v) is 11.9. The predicted octanol–water partition coefficient (Wildman–Crippen LogP) is 1.52. The van der Waals surface area contributed by atoms with E-state index in [9.17, 15) is 4.79 Å². The number of imidazole rings is 1. The van der Waals surface area contributed by atoms with E-state index in [-0.39, 0.29) is 5.91 Å². The van der Waals surface area contributed by atoms with Crippen LogP contribution in [0.25, 0.3) is 5.78 Å². The second-order valence-corrected chi connectivity index (χ2v) is 5.03. The maximum atomic E-state index is 11.9. The van der Waals surface area contributed by atoms with Crippen molar-refractivity contribution in [1.29, 1.82) is 0 Å². The Morgan fingerprint density at radius 1 is 1.50 bits per heavy atom. The molecule has 2 rings (SSSR count). The lowest BCUT2D eigenvalue weighted by molar-refractivity contribution is 0.0921. The van der Waals surface area contributed by atoms with Gasteiger partial charge in [-0.3, -0.25) is 9.20 Å². The van der Waals surface area contributed by atoms with Gasteiger partial charge >= 0.3 is 0 Å². The molecule has 1 N–H and O–H groups in total. The number of hydrogen-bond acceptors (Lipinski definition) is 4. The normalized spacial score (nSPS) is 11.2. The lowest BCUT2D eigenvalue weighted by Crippen LogP contribution is -2.25. The van der Waals surface area contributed by atoms with Crippen LogP contribution >= 0.6 is 0 Å². The number of rotatable bonds is 7. The van der Waals surface area contributed by atoms with E-state index in [0.29, 0.717) is 30.5 Å². The van der Waals surface area contributed by atoms with Crippen molar-refractivity contribution in [2.24, 2.45) is 5.92 Å². The van der Waals surface area contributed by atoms with Crippen molar-refractivity contribution in [2.75, 3.05) is 19.8 Å². The average molecular weight is 276 g/mol. The maximum absolute atomic E-state index is 11.9. The number of carbonyl (C=O) groups excluding carboxylic acids is 1. The number of ether oxygens (including phenoxy) is 1. The first-order chi connectivity index (χ1) is 9.66. The van der Waals surface area contributed by atoms with Gasteiger partial charge in [-0.1, -0.05) is 13.8 Å². The number of nitrogens with one attached hydrogen (secondary N) is 1. The third-order valence-corrected chi connectivity index (χ3v) is 2.67. The molecule has 6 nitrogen and oxygen atoms in total. The fourth-order valence-electron chi connectivity index (χ4n) is 1.73. The van der Waals surface area contributed by atoms with Crippen LogP contribution in [0.1, 0.15) is 30.8 Å². The molecule has 2 aromatic heterocycles. The average Bonchev–Trinajstić information content (AvgIpc) is 2.86. The summed E-state index contributed by atoms with van der Waals surface area (Å²) in [6.45, 7) is 6.22. The second kappa shape index (κ2) is 7.00. The van der Waals surface area contributed by atoms with Crippen LogP contribution in [0, 0.1) is 5.92 Å². The first-order valence-electron chi connectivity index (χ1n) is 6.82. The Balaban J connectivity index is 1.74. The van der Waals surface area contributed by atoms with Gasteiger partial charge < -0.3 is 10.1 Å². The number of carbonyl (C=O) groups is 1. The number of fused-ring (bicyclic) bond motifs is 1. The van der Waals surface area contributed by atoms with Crippen molar-refractivity contribution in [1.82, 2.24) is 19.7 Å². The molecule has 2 heterocycles. The zero-order valence-electron chi connectivity index (χ0n) is 11.9. The summed E-state index contributed by atoms with van der Waals surface area (Å²) in [5.41, 5.74) is 0.381. The Morgan fingerprint density at radius 2 is 2.35 bits per heavy atom. The molecule has 0 radical (unpaired) electrons. The Bertz CT molecular complexity index is 532. The van der Waals surface area contributed by atoms with Gasteiger partial charge in [0.1, 0.15) is 5.69 Å². The number of nitrogens with zero attached hydrogens (tertiary/aromatic N) is 3. The molecule has 0 saturated heterocycles. The zero-order chi connectivity index (χ0) is 14.4. The van der Waals surface area contributed by atoms with Crippen LogP contribution in [0.2, 0.25) is 0 Å². The van der Waals surface area contributed by atoms with Crippen LogP contribution in [0.3, 0.4) is 0 Å². The Hall–Kier alpha value is -1.95. The summed E-state index contributed by atoms with van der Waals surface area (Å²) >= 11 is 0. The van der Waals surface area contributed by atoms with Crippen LogP contribution in [0.4, 0.5) is 0 Å². The van der Waals surface area contributed by atoms with Gasteiger partial charge in [0.2, 0.25) is 5.78 Å². The number of amides is 1. The van der Waals surface area contributed by atoms with Crippen LogP contribution in [0.15, 0.2) is 24.7 Å². The molecule has 6 heteroatoms. The molecular weight excluding hydrogens is 256 g/mol. The van der Waals surface area contributed by atoms with Crippen LogP contribution in [0.5, 0.6) is 0 Å². The molecule has 0 bridgehead atoms. The summed E-state index contributed by atoms with van der Waals surface area (Å²) in [4.78, 5) is 20.1. The van der Waals surface area contributed by atoms with E-state index in [1.807, 2.05) is 6.20 Å². The van der Waals surface area contributed by atoms with E-state index in [1.54, 1.807) is 22.9 Å². The highest BCUT2D eigenvalue weighted by Gasteiger charge is 2.10. The Kier molecular flexibility index (Phi) is 5.06. The molecule has 0 aliphatic heterocycles. The van der Waals surface area contributed by atoms with Crippen LogP contribution in [-0.4, -0.2) is 40.0 Å². The standard InChI is InChI=1S/C14H20N4O2/c1-11(2)10-20-8-4-6-15-13(19)12-9-18-7-3-5-16-14(18)17-12/h3,5,7,9,11H,4,6,8,10H2,1-2H3,(H,15,19). The topological polar surface area (TPSA) is 68.5 Å². The molecule has 2 aromatic rings. The summed E-state index contributed by atoms with van der Waals surface area (Å²) < 4.78 is 7.17. The molecule has 0 aliphatic carbocycles. The summed E-state index contributed by atoms with van der Waals surface area (Å²) in [7, 11) is 0. The van der Waals surface area contributed by atoms with Crippen molar-refractivity contribution in [3.05, 3.63) is 30.4 Å². The van der Waals surface area contributed by atoms with Gasteiger partial charge in [0.15, 0.2) is 0 Å². The van der Waals surface area contributed by atoms with Gasteiger partial charge in [0.25, 0.3) is 5.91 Å². The van der Waals surface area contributed by atoms with Gasteiger partial charge in [0.05, 0.1) is 0 Å². The SMILES string of the molecule is CC(C)COCCCNC(=O)c1cn2cccnc2n1. The lowest BCUT2D eigenvalue weighted by Gasteiger charge is -2.06. The first kappa shape index (κ1) is 14.5. The minimum atomic E-state index is -0.181. The smallest absolute Gasteiger partial charge is 0.271 e. The van der Waals surface area contributed by atoms with Crippen molar-refractivity contribution >= 4 is 11.7 Å². The molecular formula is C14H20N4O2. The fraction of sp³-hybridized carbons (Fsp3) is 0.500. The van der Waals surface area contributed by atoms with Crippen LogP contribution in [-0.2, 0) is 4.74 Å². The van der Waals surface area contributed by atoms with Crippen molar-refractivity contribution in [3.63, 3.8) is 0 Å². The highest BCUT2D eigenvalue weighted by molar-refractivity contribution is 5.92. The Labute approximate surface area is 118 Å². The van der Waals surface area contributed by atoms with Crippen molar-refractivity contribution in [3.8, 4) is 0 Å². The highest BCUT2D eigenvalue weighted by atomic mass is 16.5. The van der Waals surface area contributed by atoms with E-state index in [1.165, 1.54) is 0 Å². The van der Waals surface area contributed by atoms with E-state index in [4.69, 9.17) is 4.74 Å². The third kappa shape index (κ3) is 4.03. The summed E-state index contributed by atoms with van der Waals surface area (Å²) in [6.07, 6.45) is 5.93. The lowest BCUT2D eigenvalue weighted by atomic mass is 10.2. The molecule has 0 saturated carbocycles. The number of hydrogen-bond donors (Lipinski definition) is 1. The third-order valence-electron chi connectivity index (χ3n) is 2.67. The van der Waals surface area contributed by atoms with E-state index in [0.717, 1.165) is 13.0 Å². The van der Waals surface area contributed by atoms with E-state index in [2.05, 4.69) is 29.1 Å². The summed E-state index contributed by atoms with van der Waals surface area (Å²) in [6, 6.07) is 1.79. The summed E-state index contributed by atoms with van der Waals surface area (Å²) in [5.74, 6) is 0.882. The van der Waals surface area contributed by atoms with Gasteiger partial charge in [0, 0.05) is 38.3 Å². The van der Waals surface area contributed by atoms with Gasteiger partial charge in [-0.15, -0.1) is 0 Å². The molecule has 0 fully saturated rings. The molecule has 1 amide bonds. The molecule has 20 heavy (non-hydrogen) atoms. The highest BCUT2D eigenvalue weighted by Crippen LogP contribution is 2.01. The molecule has 108 valence electrons. The van der Waals surface area contributed by atoms with Crippen molar-refractivity contribution < 1.29 is 9.53 Å². The van der Waals surface area contributed by atoms with Gasteiger partial charge in [-0.2, -0.15) is 0 Å².